The Balaban J connectivity index is 2.69. The van der Waals surface area contributed by atoms with E-state index in [4.69, 9.17) is 0 Å². The Bertz CT molecular complexity index is 531. The Morgan fingerprint density at radius 3 is 2.35 bits per heavy atom. The molecule has 2 amide bonds. The minimum Gasteiger partial charge on any atom is -0.507 e. The van der Waals surface area contributed by atoms with E-state index >= 15 is 0 Å². The summed E-state index contributed by atoms with van der Waals surface area (Å²) in [7, 11) is 0. The van der Waals surface area contributed by atoms with Crippen molar-refractivity contribution in [2.75, 3.05) is 6.54 Å². The largest absolute Gasteiger partial charge is 0.507 e. The summed E-state index contributed by atoms with van der Waals surface area (Å²) < 4.78 is 0. The van der Waals surface area contributed by atoms with Crippen molar-refractivity contribution in [3.8, 4) is 5.75 Å². The first kappa shape index (κ1) is 16.0. The van der Waals surface area contributed by atoms with Crippen molar-refractivity contribution in [2.24, 2.45) is 0 Å². The van der Waals surface area contributed by atoms with Crippen LogP contribution in [-0.2, 0) is 4.79 Å². The van der Waals surface area contributed by atoms with E-state index in [1.54, 1.807) is 19.1 Å². The Morgan fingerprint density at radius 1 is 1.20 bits per heavy atom. The lowest BCUT2D eigenvalue weighted by Gasteiger charge is -2.20. The van der Waals surface area contributed by atoms with Gasteiger partial charge in [-0.3, -0.25) is 9.59 Å². The van der Waals surface area contributed by atoms with Gasteiger partial charge in [0.05, 0.1) is 12.1 Å². The molecule has 0 radical (unpaired) electrons. The van der Waals surface area contributed by atoms with Crippen molar-refractivity contribution in [1.82, 2.24) is 10.6 Å². The maximum Gasteiger partial charge on any atom is 0.255 e. The summed E-state index contributed by atoms with van der Waals surface area (Å²) in [6.07, 6.45) is 0. The maximum absolute atomic E-state index is 11.9. The third-order valence-electron chi connectivity index (χ3n) is 2.87. The number of rotatable bonds is 3. The van der Waals surface area contributed by atoms with E-state index < -0.39 is 5.91 Å². The molecular weight excluding hydrogens is 256 g/mol. The number of hydrogen-bond donors (Lipinski definition) is 3. The number of benzene rings is 1. The van der Waals surface area contributed by atoms with Crippen LogP contribution < -0.4 is 10.6 Å². The van der Waals surface area contributed by atoms with E-state index in [0.29, 0.717) is 5.56 Å². The number of carbonyl (C=O) groups excluding carboxylic acids is 2. The van der Waals surface area contributed by atoms with E-state index in [-0.39, 0.29) is 29.3 Å². The molecule has 5 nitrogen and oxygen atoms in total. The van der Waals surface area contributed by atoms with Crippen molar-refractivity contribution in [2.45, 2.75) is 40.2 Å². The van der Waals surface area contributed by atoms with E-state index in [9.17, 15) is 14.7 Å². The van der Waals surface area contributed by atoms with Crippen LogP contribution in [-0.4, -0.2) is 29.0 Å². The average molecular weight is 278 g/mol. The number of carbonyl (C=O) groups is 2. The van der Waals surface area contributed by atoms with Crippen molar-refractivity contribution >= 4 is 11.8 Å². The monoisotopic (exact) mass is 278 g/mol. The lowest BCUT2D eigenvalue weighted by Crippen LogP contribution is -2.45. The fourth-order valence-electron chi connectivity index (χ4n) is 1.70. The highest BCUT2D eigenvalue weighted by Crippen LogP contribution is 2.24. The average Bonchev–Trinajstić information content (AvgIpc) is 2.31. The highest BCUT2D eigenvalue weighted by atomic mass is 16.3. The molecule has 0 saturated heterocycles. The summed E-state index contributed by atoms with van der Waals surface area (Å²) in [4.78, 5) is 23.6. The Labute approximate surface area is 119 Å². The van der Waals surface area contributed by atoms with Crippen LogP contribution in [0.2, 0.25) is 0 Å². The number of amides is 2. The molecule has 0 aromatic heterocycles. The van der Waals surface area contributed by atoms with E-state index in [1.807, 2.05) is 27.7 Å². The summed E-state index contributed by atoms with van der Waals surface area (Å²) in [5.41, 5.74) is 1.41. The molecule has 1 aromatic carbocycles. The number of nitrogens with one attached hydrogen (secondary N) is 2. The number of aryl methyl sites for hydroxylation is 1. The van der Waals surface area contributed by atoms with E-state index in [1.165, 1.54) is 0 Å². The van der Waals surface area contributed by atoms with E-state index in [0.717, 1.165) is 5.56 Å². The second-order valence-corrected chi connectivity index (χ2v) is 5.88. The maximum atomic E-state index is 11.9. The predicted octanol–water partition coefficient (Wildman–Crippen LogP) is 1.65. The summed E-state index contributed by atoms with van der Waals surface area (Å²) in [5, 5.41) is 15.2. The normalized spacial score (nSPS) is 11.1. The van der Waals surface area contributed by atoms with Gasteiger partial charge in [0.1, 0.15) is 5.75 Å². The Kier molecular flexibility index (Phi) is 4.76. The molecule has 0 spiro atoms. The van der Waals surface area contributed by atoms with Crippen LogP contribution in [0.4, 0.5) is 0 Å². The molecule has 20 heavy (non-hydrogen) atoms. The van der Waals surface area contributed by atoms with Crippen molar-refractivity contribution in [1.29, 1.82) is 0 Å². The predicted molar refractivity (Wildman–Crippen MR) is 77.8 cm³/mol. The third kappa shape index (κ3) is 4.26. The molecule has 0 saturated carbocycles. The Morgan fingerprint density at radius 2 is 1.80 bits per heavy atom. The molecule has 1 aromatic rings. The fourth-order valence-corrected chi connectivity index (χ4v) is 1.70. The highest BCUT2D eigenvalue weighted by molar-refractivity contribution is 5.99. The number of phenols is 1. The quantitative estimate of drug-likeness (QED) is 0.786. The zero-order chi connectivity index (χ0) is 15.5. The van der Waals surface area contributed by atoms with Gasteiger partial charge < -0.3 is 15.7 Å². The van der Waals surface area contributed by atoms with Crippen LogP contribution in [0.5, 0.6) is 5.75 Å². The van der Waals surface area contributed by atoms with Crippen LogP contribution >= 0.6 is 0 Å². The van der Waals surface area contributed by atoms with Gasteiger partial charge in [0.15, 0.2) is 0 Å². The van der Waals surface area contributed by atoms with Gasteiger partial charge in [0.2, 0.25) is 5.91 Å². The summed E-state index contributed by atoms with van der Waals surface area (Å²) in [6, 6.07) is 3.31. The standard InChI is InChI=1S/C15H22N2O3/c1-9-6-7-11(13(19)10(9)2)14(20)16-8-12(18)17-15(3,4)5/h6-7,19H,8H2,1-5H3,(H,16,20)(H,17,18). The first-order valence-electron chi connectivity index (χ1n) is 6.50. The second kappa shape index (κ2) is 5.94. The van der Waals surface area contributed by atoms with Gasteiger partial charge in [0.25, 0.3) is 5.91 Å². The van der Waals surface area contributed by atoms with Crippen molar-refractivity contribution in [3.05, 3.63) is 28.8 Å². The number of phenolic OH excluding ortho intramolecular Hbond substituents is 1. The summed E-state index contributed by atoms with van der Waals surface area (Å²) in [6.45, 7) is 9.06. The Hall–Kier alpha value is -2.04. The lowest BCUT2D eigenvalue weighted by atomic mass is 10.0. The first-order valence-corrected chi connectivity index (χ1v) is 6.50. The molecule has 0 unspecified atom stereocenters. The molecular formula is C15H22N2O3. The smallest absolute Gasteiger partial charge is 0.255 e. The van der Waals surface area contributed by atoms with Crippen LogP contribution in [0.15, 0.2) is 12.1 Å². The summed E-state index contributed by atoms with van der Waals surface area (Å²) >= 11 is 0. The molecule has 0 aliphatic heterocycles. The minimum atomic E-state index is -0.463. The fraction of sp³-hybridized carbons (Fsp3) is 0.467. The van der Waals surface area contributed by atoms with Crippen molar-refractivity contribution < 1.29 is 14.7 Å². The zero-order valence-electron chi connectivity index (χ0n) is 12.6. The lowest BCUT2D eigenvalue weighted by molar-refractivity contribution is -0.121. The van der Waals surface area contributed by atoms with E-state index in [2.05, 4.69) is 10.6 Å². The molecule has 0 heterocycles. The minimum absolute atomic E-state index is 0.0428. The van der Waals surface area contributed by atoms with Crippen LogP contribution in [0.25, 0.3) is 0 Å². The number of aromatic hydroxyl groups is 1. The molecule has 0 atom stereocenters. The molecule has 0 aliphatic carbocycles. The van der Waals surface area contributed by atoms with Gasteiger partial charge in [-0.1, -0.05) is 6.07 Å². The van der Waals surface area contributed by atoms with Gasteiger partial charge in [-0.25, -0.2) is 0 Å². The molecule has 5 heteroatoms. The number of hydrogen-bond acceptors (Lipinski definition) is 3. The van der Waals surface area contributed by atoms with Crippen molar-refractivity contribution in [3.63, 3.8) is 0 Å². The zero-order valence-corrected chi connectivity index (χ0v) is 12.6. The third-order valence-corrected chi connectivity index (χ3v) is 2.87. The van der Waals surface area contributed by atoms with Crippen LogP contribution in [0.3, 0.4) is 0 Å². The van der Waals surface area contributed by atoms with Gasteiger partial charge in [-0.15, -0.1) is 0 Å². The van der Waals surface area contributed by atoms with Gasteiger partial charge in [0, 0.05) is 5.54 Å². The SMILES string of the molecule is Cc1ccc(C(=O)NCC(=O)NC(C)(C)C)c(O)c1C. The summed E-state index contributed by atoms with van der Waals surface area (Å²) in [5.74, 6) is -0.775. The molecule has 0 aliphatic rings. The highest BCUT2D eigenvalue weighted by Gasteiger charge is 2.17. The molecule has 110 valence electrons. The molecule has 3 N–H and O–H groups in total. The van der Waals surface area contributed by atoms with Gasteiger partial charge in [-0.05, 0) is 51.8 Å². The van der Waals surface area contributed by atoms with Crippen LogP contribution in [0.1, 0.15) is 42.3 Å². The first-order chi connectivity index (χ1) is 9.11. The molecule has 0 fully saturated rings. The molecule has 0 bridgehead atoms. The van der Waals surface area contributed by atoms with Gasteiger partial charge in [-0.2, -0.15) is 0 Å². The molecule has 1 rings (SSSR count). The topological polar surface area (TPSA) is 78.4 Å². The second-order valence-electron chi connectivity index (χ2n) is 5.88. The van der Waals surface area contributed by atoms with Crippen LogP contribution in [0, 0.1) is 13.8 Å². The van der Waals surface area contributed by atoms with Gasteiger partial charge >= 0.3 is 0 Å².